The number of phenolic OH excluding ortho intramolecular Hbond substituents is 1. The van der Waals surface area contributed by atoms with E-state index in [0.717, 1.165) is 16.9 Å². The van der Waals surface area contributed by atoms with E-state index >= 15 is 0 Å². The summed E-state index contributed by atoms with van der Waals surface area (Å²) in [5.74, 6) is 0.220. The van der Waals surface area contributed by atoms with Gasteiger partial charge in [-0.05, 0) is 55.3 Å². The quantitative estimate of drug-likeness (QED) is 0.163. The summed E-state index contributed by atoms with van der Waals surface area (Å²) in [6.07, 6.45) is 2.07. The molecule has 0 aliphatic carbocycles. The van der Waals surface area contributed by atoms with E-state index in [1.165, 1.54) is 18.7 Å². The Labute approximate surface area is 209 Å². The number of hydrogen-bond acceptors (Lipinski definition) is 6. The minimum absolute atomic E-state index is 0.00320. The van der Waals surface area contributed by atoms with Gasteiger partial charge >= 0.3 is 5.97 Å². The van der Waals surface area contributed by atoms with Crippen molar-refractivity contribution in [3.8, 4) is 17.2 Å². The molecular formula is C28H30O6S. The van der Waals surface area contributed by atoms with Crippen molar-refractivity contribution in [3.63, 3.8) is 0 Å². The lowest BCUT2D eigenvalue weighted by Gasteiger charge is -2.15. The van der Waals surface area contributed by atoms with Gasteiger partial charge in [0, 0.05) is 16.9 Å². The highest BCUT2D eigenvalue weighted by molar-refractivity contribution is 8.00. The van der Waals surface area contributed by atoms with Gasteiger partial charge in [0.05, 0.1) is 18.8 Å². The van der Waals surface area contributed by atoms with E-state index in [-0.39, 0.29) is 11.5 Å². The van der Waals surface area contributed by atoms with Crippen LogP contribution in [0.15, 0.2) is 71.6 Å². The highest BCUT2D eigenvalue weighted by Crippen LogP contribution is 2.36. The van der Waals surface area contributed by atoms with Crippen molar-refractivity contribution in [2.75, 3.05) is 13.2 Å². The van der Waals surface area contributed by atoms with E-state index in [2.05, 4.69) is 0 Å². The van der Waals surface area contributed by atoms with Crippen molar-refractivity contribution in [3.05, 3.63) is 83.4 Å². The summed E-state index contributed by atoms with van der Waals surface area (Å²) in [6.45, 7) is 4.28. The van der Waals surface area contributed by atoms with Gasteiger partial charge in [-0.25, -0.2) is 0 Å². The number of phenols is 1. The maximum absolute atomic E-state index is 11.7. The van der Waals surface area contributed by atoms with E-state index < -0.39 is 11.2 Å². The molecule has 3 rings (SSSR count). The van der Waals surface area contributed by atoms with Crippen molar-refractivity contribution in [1.29, 1.82) is 0 Å². The van der Waals surface area contributed by atoms with Gasteiger partial charge in [0.1, 0.15) is 22.5 Å². The van der Waals surface area contributed by atoms with E-state index in [4.69, 9.17) is 9.47 Å². The second kappa shape index (κ2) is 12.9. The molecule has 184 valence electrons. The zero-order valence-electron chi connectivity index (χ0n) is 19.9. The summed E-state index contributed by atoms with van der Waals surface area (Å²) in [7, 11) is 0. The van der Waals surface area contributed by atoms with Crippen LogP contribution in [0.4, 0.5) is 0 Å². The van der Waals surface area contributed by atoms with Crippen LogP contribution >= 0.6 is 11.8 Å². The molecule has 0 spiro atoms. The average Bonchev–Trinajstić information content (AvgIpc) is 2.85. The number of hydrogen-bond donors (Lipinski definition) is 2. The van der Waals surface area contributed by atoms with E-state index in [1.54, 1.807) is 12.1 Å². The zero-order valence-corrected chi connectivity index (χ0v) is 20.7. The van der Waals surface area contributed by atoms with Crippen molar-refractivity contribution in [1.82, 2.24) is 0 Å². The monoisotopic (exact) mass is 494 g/mol. The molecule has 1 atom stereocenters. The largest absolute Gasteiger partial charge is 0.507 e. The topological polar surface area (TPSA) is 93.1 Å². The predicted molar refractivity (Wildman–Crippen MR) is 137 cm³/mol. The molecule has 3 aromatic rings. The van der Waals surface area contributed by atoms with Crippen molar-refractivity contribution >= 4 is 23.5 Å². The predicted octanol–water partition coefficient (Wildman–Crippen LogP) is 6.31. The minimum atomic E-state index is -0.882. The van der Waals surface area contributed by atoms with Crippen LogP contribution in [0.25, 0.3) is 0 Å². The second-order valence-corrected chi connectivity index (χ2v) is 9.19. The average molecular weight is 495 g/mol. The SMILES string of the molecule is CCCc1c(OCCCOc2ccc(SC(C(=O)O)c3ccccc3)cc2)ccc(C(C)=O)c1O. The second-order valence-electron chi connectivity index (χ2n) is 8.01. The number of carboxylic acids is 1. The maximum Gasteiger partial charge on any atom is 0.321 e. The fourth-order valence-corrected chi connectivity index (χ4v) is 4.56. The number of carbonyl (C=O) groups is 2. The molecule has 6 nitrogen and oxygen atoms in total. The van der Waals surface area contributed by atoms with Gasteiger partial charge in [0.2, 0.25) is 0 Å². The molecule has 35 heavy (non-hydrogen) atoms. The molecular weight excluding hydrogens is 464 g/mol. The Kier molecular flexibility index (Phi) is 9.61. The smallest absolute Gasteiger partial charge is 0.321 e. The van der Waals surface area contributed by atoms with Crippen LogP contribution in [0.1, 0.15) is 53.4 Å². The van der Waals surface area contributed by atoms with Crippen LogP contribution in [-0.2, 0) is 11.2 Å². The molecule has 0 saturated heterocycles. The van der Waals surface area contributed by atoms with Gasteiger partial charge < -0.3 is 19.7 Å². The first-order chi connectivity index (χ1) is 16.9. The van der Waals surface area contributed by atoms with Gasteiger partial charge in [0.15, 0.2) is 5.78 Å². The Morgan fingerprint density at radius 1 is 0.943 bits per heavy atom. The molecule has 0 aliphatic heterocycles. The van der Waals surface area contributed by atoms with Crippen molar-refractivity contribution < 1.29 is 29.3 Å². The fraction of sp³-hybridized carbons (Fsp3) is 0.286. The number of carbonyl (C=O) groups excluding carboxylic acids is 1. The third-order valence-corrected chi connectivity index (χ3v) is 6.59. The number of Topliss-reactive ketones (excluding diaryl/α,β-unsaturated/α-hetero) is 1. The number of benzene rings is 3. The first-order valence-electron chi connectivity index (χ1n) is 11.6. The summed E-state index contributed by atoms with van der Waals surface area (Å²) in [5, 5.41) is 19.4. The summed E-state index contributed by atoms with van der Waals surface area (Å²) >= 11 is 1.28. The molecule has 0 radical (unpaired) electrons. The summed E-state index contributed by atoms with van der Waals surface area (Å²) < 4.78 is 11.6. The van der Waals surface area contributed by atoms with Gasteiger partial charge in [-0.15, -0.1) is 11.8 Å². The van der Waals surface area contributed by atoms with E-state index in [0.29, 0.717) is 48.7 Å². The molecule has 0 saturated carbocycles. The Balaban J connectivity index is 1.50. The van der Waals surface area contributed by atoms with Crippen LogP contribution in [0.3, 0.4) is 0 Å². The van der Waals surface area contributed by atoms with Gasteiger partial charge in [-0.1, -0.05) is 43.7 Å². The van der Waals surface area contributed by atoms with Gasteiger partial charge in [0.25, 0.3) is 0 Å². The molecule has 0 aliphatic rings. The first-order valence-corrected chi connectivity index (χ1v) is 12.4. The molecule has 7 heteroatoms. The normalized spacial score (nSPS) is 11.6. The molecule has 0 amide bonds. The van der Waals surface area contributed by atoms with E-state index in [9.17, 15) is 19.8 Å². The van der Waals surface area contributed by atoms with Crippen molar-refractivity contribution in [2.24, 2.45) is 0 Å². The number of carboxylic acid groups (broad SMARTS) is 1. The standard InChI is InChI=1S/C28H30O6S/c1-3-8-24-25(16-15-23(19(2)29)26(24)30)34-18-7-17-33-21-11-13-22(14-12-21)35-27(28(31)32)20-9-5-4-6-10-20/h4-6,9-16,27,30H,3,7-8,17-18H2,1-2H3,(H,31,32). The zero-order chi connectivity index (χ0) is 25.2. The summed E-state index contributed by atoms with van der Waals surface area (Å²) in [6, 6.07) is 19.8. The van der Waals surface area contributed by atoms with Crippen LogP contribution < -0.4 is 9.47 Å². The van der Waals surface area contributed by atoms with E-state index in [1.807, 2.05) is 61.5 Å². The van der Waals surface area contributed by atoms with Gasteiger partial charge in [-0.2, -0.15) is 0 Å². The lowest BCUT2D eigenvalue weighted by molar-refractivity contribution is -0.136. The molecule has 0 bridgehead atoms. The van der Waals surface area contributed by atoms with Crippen molar-refractivity contribution in [2.45, 2.75) is 43.3 Å². The number of thioether (sulfide) groups is 1. The molecule has 3 aromatic carbocycles. The lowest BCUT2D eigenvalue weighted by Crippen LogP contribution is -2.08. The molecule has 0 fully saturated rings. The first kappa shape index (κ1) is 26.2. The third-order valence-electron chi connectivity index (χ3n) is 5.34. The highest BCUT2D eigenvalue weighted by Gasteiger charge is 2.21. The Bertz CT molecular complexity index is 1130. The Morgan fingerprint density at radius 2 is 1.63 bits per heavy atom. The number of rotatable bonds is 13. The number of aromatic hydroxyl groups is 1. The summed E-state index contributed by atoms with van der Waals surface area (Å²) in [5.41, 5.74) is 1.71. The summed E-state index contributed by atoms with van der Waals surface area (Å²) in [4.78, 5) is 24.2. The maximum atomic E-state index is 11.7. The van der Waals surface area contributed by atoms with Crippen LogP contribution in [0.5, 0.6) is 17.2 Å². The molecule has 2 N–H and O–H groups in total. The van der Waals surface area contributed by atoms with Crippen LogP contribution in [-0.4, -0.2) is 35.2 Å². The molecule has 0 aromatic heterocycles. The number of ether oxygens (including phenoxy) is 2. The Hall–Kier alpha value is -3.45. The number of aliphatic carboxylic acids is 1. The number of ketones is 1. The minimum Gasteiger partial charge on any atom is -0.507 e. The lowest BCUT2D eigenvalue weighted by atomic mass is 10.0. The third kappa shape index (κ3) is 7.26. The highest BCUT2D eigenvalue weighted by atomic mass is 32.2. The van der Waals surface area contributed by atoms with Gasteiger partial charge in [-0.3, -0.25) is 9.59 Å². The Morgan fingerprint density at radius 3 is 2.26 bits per heavy atom. The fourth-order valence-electron chi connectivity index (χ4n) is 3.60. The molecule has 0 heterocycles. The molecule has 1 unspecified atom stereocenters. The van der Waals surface area contributed by atoms with Crippen LogP contribution in [0.2, 0.25) is 0 Å². The van der Waals surface area contributed by atoms with Crippen LogP contribution in [0, 0.1) is 0 Å².